The SMILES string of the molecule is CCc1ccc2oc(-c3ccccc3)c(OC(=O)c3ccc(OC)c(OC)c3)c(=O)c2c1. The Bertz CT molecular complexity index is 1340. The summed E-state index contributed by atoms with van der Waals surface area (Å²) in [6.45, 7) is 2.00. The van der Waals surface area contributed by atoms with E-state index in [0.29, 0.717) is 28.0 Å². The van der Waals surface area contributed by atoms with Crippen molar-refractivity contribution in [1.29, 1.82) is 0 Å². The second kappa shape index (κ2) is 8.98. The molecule has 0 unspecified atom stereocenters. The van der Waals surface area contributed by atoms with Crippen molar-refractivity contribution in [3.63, 3.8) is 0 Å². The van der Waals surface area contributed by atoms with Gasteiger partial charge in [0, 0.05) is 5.56 Å². The lowest BCUT2D eigenvalue weighted by Crippen LogP contribution is -2.16. The first-order valence-electron chi connectivity index (χ1n) is 10.1. The van der Waals surface area contributed by atoms with Crippen LogP contribution in [0.2, 0.25) is 0 Å². The van der Waals surface area contributed by atoms with E-state index in [0.717, 1.165) is 12.0 Å². The Hall–Kier alpha value is -4.06. The summed E-state index contributed by atoms with van der Waals surface area (Å²) in [7, 11) is 2.98. The predicted molar refractivity (Wildman–Crippen MR) is 122 cm³/mol. The van der Waals surface area contributed by atoms with Crippen LogP contribution in [0, 0.1) is 0 Å². The van der Waals surface area contributed by atoms with Gasteiger partial charge in [0.25, 0.3) is 0 Å². The average molecular weight is 430 g/mol. The van der Waals surface area contributed by atoms with E-state index in [2.05, 4.69) is 0 Å². The normalized spacial score (nSPS) is 10.7. The molecule has 162 valence electrons. The molecule has 0 spiro atoms. The Kier molecular flexibility index (Phi) is 5.94. The van der Waals surface area contributed by atoms with E-state index < -0.39 is 11.4 Å². The molecule has 32 heavy (non-hydrogen) atoms. The van der Waals surface area contributed by atoms with Crippen LogP contribution in [0.1, 0.15) is 22.8 Å². The van der Waals surface area contributed by atoms with Gasteiger partial charge >= 0.3 is 5.97 Å². The van der Waals surface area contributed by atoms with Crippen molar-refractivity contribution < 1.29 is 23.4 Å². The second-order valence-corrected chi connectivity index (χ2v) is 7.10. The maximum atomic E-state index is 13.4. The molecule has 4 aromatic rings. The van der Waals surface area contributed by atoms with Gasteiger partial charge in [-0.15, -0.1) is 0 Å². The number of aryl methyl sites for hydroxylation is 1. The van der Waals surface area contributed by atoms with Crippen LogP contribution in [0.25, 0.3) is 22.3 Å². The van der Waals surface area contributed by atoms with Crippen molar-refractivity contribution in [2.45, 2.75) is 13.3 Å². The maximum absolute atomic E-state index is 13.4. The van der Waals surface area contributed by atoms with Gasteiger partial charge in [0.15, 0.2) is 17.3 Å². The molecule has 0 saturated heterocycles. The summed E-state index contributed by atoms with van der Waals surface area (Å²) in [5.41, 5.74) is 1.84. The Morgan fingerprint density at radius 1 is 0.906 bits per heavy atom. The number of carbonyl (C=O) groups is 1. The molecule has 0 atom stereocenters. The number of carbonyl (C=O) groups excluding carboxylic acids is 1. The van der Waals surface area contributed by atoms with Crippen LogP contribution in [0.5, 0.6) is 17.2 Å². The minimum absolute atomic E-state index is 0.156. The van der Waals surface area contributed by atoms with Crippen molar-refractivity contribution in [1.82, 2.24) is 0 Å². The Balaban J connectivity index is 1.85. The van der Waals surface area contributed by atoms with Gasteiger partial charge in [-0.25, -0.2) is 4.79 Å². The Morgan fingerprint density at radius 3 is 2.34 bits per heavy atom. The minimum atomic E-state index is -0.707. The molecule has 0 amide bonds. The zero-order valence-electron chi connectivity index (χ0n) is 18.0. The Labute approximate surface area is 185 Å². The van der Waals surface area contributed by atoms with Crippen LogP contribution >= 0.6 is 0 Å². The van der Waals surface area contributed by atoms with E-state index in [4.69, 9.17) is 18.6 Å². The van der Waals surface area contributed by atoms with Gasteiger partial charge in [-0.3, -0.25) is 4.79 Å². The maximum Gasteiger partial charge on any atom is 0.343 e. The molecule has 0 radical (unpaired) electrons. The number of hydrogen-bond donors (Lipinski definition) is 0. The quantitative estimate of drug-likeness (QED) is 0.389. The molecule has 6 heteroatoms. The highest BCUT2D eigenvalue weighted by molar-refractivity contribution is 5.93. The van der Waals surface area contributed by atoms with Gasteiger partial charge in [0.2, 0.25) is 11.2 Å². The highest BCUT2D eigenvalue weighted by Crippen LogP contribution is 2.33. The molecule has 0 fully saturated rings. The molecule has 3 aromatic carbocycles. The fraction of sp³-hybridized carbons (Fsp3) is 0.154. The summed E-state index contributed by atoms with van der Waals surface area (Å²) in [6.07, 6.45) is 0.760. The van der Waals surface area contributed by atoms with Crippen LogP contribution < -0.4 is 19.6 Å². The van der Waals surface area contributed by atoms with Gasteiger partial charge in [0.05, 0.1) is 25.2 Å². The fourth-order valence-electron chi connectivity index (χ4n) is 3.43. The van der Waals surface area contributed by atoms with Crippen LogP contribution in [0.4, 0.5) is 0 Å². The van der Waals surface area contributed by atoms with Gasteiger partial charge in [0.1, 0.15) is 5.58 Å². The van der Waals surface area contributed by atoms with Crippen molar-refractivity contribution in [3.05, 3.63) is 88.1 Å². The van der Waals surface area contributed by atoms with E-state index in [1.165, 1.54) is 20.3 Å². The third kappa shape index (κ3) is 3.95. The Morgan fingerprint density at radius 2 is 1.66 bits per heavy atom. The molecule has 0 bridgehead atoms. The number of methoxy groups -OCH3 is 2. The summed E-state index contributed by atoms with van der Waals surface area (Å²) in [5.74, 6) is 0.189. The lowest BCUT2D eigenvalue weighted by molar-refractivity contribution is 0.0731. The molecule has 6 nitrogen and oxygen atoms in total. The lowest BCUT2D eigenvalue weighted by atomic mass is 10.1. The third-order valence-electron chi connectivity index (χ3n) is 5.17. The summed E-state index contributed by atoms with van der Waals surface area (Å²) in [4.78, 5) is 26.4. The summed E-state index contributed by atoms with van der Waals surface area (Å²) in [5, 5.41) is 0.360. The monoisotopic (exact) mass is 430 g/mol. The number of benzene rings is 3. The van der Waals surface area contributed by atoms with Crippen LogP contribution in [0.3, 0.4) is 0 Å². The second-order valence-electron chi connectivity index (χ2n) is 7.10. The fourth-order valence-corrected chi connectivity index (χ4v) is 3.43. The molecule has 1 heterocycles. The number of fused-ring (bicyclic) bond motifs is 1. The van der Waals surface area contributed by atoms with E-state index in [1.54, 1.807) is 36.4 Å². The minimum Gasteiger partial charge on any atom is -0.493 e. The van der Waals surface area contributed by atoms with Gasteiger partial charge < -0.3 is 18.6 Å². The molecular weight excluding hydrogens is 408 g/mol. The topological polar surface area (TPSA) is 75.0 Å². The number of ether oxygens (including phenoxy) is 3. The average Bonchev–Trinajstić information content (AvgIpc) is 2.85. The molecule has 1 aromatic heterocycles. The van der Waals surface area contributed by atoms with Gasteiger partial charge in [-0.1, -0.05) is 43.3 Å². The smallest absolute Gasteiger partial charge is 0.343 e. The standard InChI is InChI=1S/C26H22O6/c1-4-16-10-12-20-19(14-16)23(27)25(24(31-20)17-8-6-5-7-9-17)32-26(28)18-11-13-21(29-2)22(15-18)30-3/h5-15H,4H2,1-3H3. The van der Waals surface area contributed by atoms with Crippen LogP contribution in [-0.4, -0.2) is 20.2 Å². The highest BCUT2D eigenvalue weighted by atomic mass is 16.5. The molecule has 0 saturated carbocycles. The largest absolute Gasteiger partial charge is 0.493 e. The zero-order valence-corrected chi connectivity index (χ0v) is 18.0. The van der Waals surface area contributed by atoms with E-state index in [9.17, 15) is 9.59 Å². The number of hydrogen-bond acceptors (Lipinski definition) is 6. The first kappa shape index (κ1) is 21.2. The van der Waals surface area contributed by atoms with Crippen LogP contribution in [0.15, 0.2) is 75.9 Å². The van der Waals surface area contributed by atoms with Crippen molar-refractivity contribution in [2.75, 3.05) is 14.2 Å². The van der Waals surface area contributed by atoms with E-state index >= 15 is 0 Å². The van der Waals surface area contributed by atoms with Gasteiger partial charge in [-0.05, 0) is 42.3 Å². The van der Waals surface area contributed by atoms with Crippen molar-refractivity contribution in [3.8, 4) is 28.6 Å². The first-order valence-corrected chi connectivity index (χ1v) is 10.1. The van der Waals surface area contributed by atoms with Crippen molar-refractivity contribution >= 4 is 16.9 Å². The van der Waals surface area contributed by atoms with Crippen LogP contribution in [-0.2, 0) is 6.42 Å². The summed E-state index contributed by atoms with van der Waals surface area (Å²) >= 11 is 0. The van der Waals surface area contributed by atoms with Crippen molar-refractivity contribution in [2.24, 2.45) is 0 Å². The van der Waals surface area contributed by atoms with E-state index in [-0.39, 0.29) is 17.1 Å². The molecule has 0 aliphatic carbocycles. The summed E-state index contributed by atoms with van der Waals surface area (Å²) < 4.78 is 22.2. The number of rotatable bonds is 6. The molecular formula is C26H22O6. The molecule has 0 N–H and O–H groups in total. The zero-order chi connectivity index (χ0) is 22.7. The molecule has 0 aliphatic rings. The van der Waals surface area contributed by atoms with E-state index in [1.807, 2.05) is 31.2 Å². The molecule has 0 aliphatic heterocycles. The highest BCUT2D eigenvalue weighted by Gasteiger charge is 2.22. The lowest BCUT2D eigenvalue weighted by Gasteiger charge is -2.12. The third-order valence-corrected chi connectivity index (χ3v) is 5.17. The first-order chi connectivity index (χ1) is 15.5. The van der Waals surface area contributed by atoms with Gasteiger partial charge in [-0.2, -0.15) is 0 Å². The summed E-state index contributed by atoms with van der Waals surface area (Å²) in [6, 6.07) is 19.2. The predicted octanol–water partition coefficient (Wildman–Crippen LogP) is 5.26. The number of esters is 1. The molecule has 4 rings (SSSR count).